The number of hydrogen-bond acceptors (Lipinski definition) is 2. The molecule has 0 bridgehead atoms. The zero-order valence-corrected chi connectivity index (χ0v) is 28.7. The number of nitrogens with zero attached hydrogens (tertiary/aromatic N) is 2. The maximum atomic E-state index is 2.40. The minimum atomic E-state index is 1.11. The van der Waals surface area contributed by atoms with E-state index < -0.39 is 0 Å². The Kier molecular flexibility index (Phi) is 8.24. The highest BCUT2D eigenvalue weighted by Gasteiger charge is 2.18. The molecule has 0 amide bonds. The first-order chi connectivity index (χ1) is 25.8. The van der Waals surface area contributed by atoms with E-state index in [4.69, 9.17) is 0 Å². The third kappa shape index (κ3) is 5.97. The molecule has 0 saturated heterocycles. The van der Waals surface area contributed by atoms with Gasteiger partial charge in [0.2, 0.25) is 0 Å². The Bertz CT molecular complexity index is 2500. The first kappa shape index (κ1) is 31.1. The Labute approximate surface area is 305 Å². The lowest BCUT2D eigenvalue weighted by atomic mass is 10.0. The summed E-state index contributed by atoms with van der Waals surface area (Å²) in [5.41, 5.74) is 11.5. The molecule has 52 heavy (non-hydrogen) atoms. The normalized spacial score (nSPS) is 11.1. The molecule has 9 aromatic rings. The molecule has 0 saturated carbocycles. The average Bonchev–Trinajstić information content (AvgIpc) is 3.23. The minimum Gasteiger partial charge on any atom is -0.311 e. The van der Waals surface area contributed by atoms with Crippen molar-refractivity contribution >= 4 is 55.7 Å². The fourth-order valence-corrected chi connectivity index (χ4v) is 7.28. The van der Waals surface area contributed by atoms with E-state index in [9.17, 15) is 0 Å². The molecular weight excluding hydrogens is 629 g/mol. The molecule has 0 spiro atoms. The Morgan fingerprint density at radius 2 is 0.538 bits per heavy atom. The minimum absolute atomic E-state index is 1.11. The molecule has 9 rings (SSSR count). The van der Waals surface area contributed by atoms with Crippen LogP contribution in [0.3, 0.4) is 0 Å². The Balaban J connectivity index is 1.07. The second-order valence-corrected chi connectivity index (χ2v) is 13.0. The van der Waals surface area contributed by atoms with Gasteiger partial charge in [0.05, 0.1) is 11.4 Å². The molecule has 0 aliphatic carbocycles. The van der Waals surface area contributed by atoms with Gasteiger partial charge in [-0.2, -0.15) is 0 Å². The number of hydrogen-bond donors (Lipinski definition) is 0. The standard InChI is InChI=1S/C50H36N2/c1-3-13-37(14-4-1)38-25-31-44(32-26-38)51(43-19-5-2-6-20-43)45-33-27-39(28-34-45)40-29-35-46(36-30-40)52(49-23-11-17-41-15-7-9-21-47(41)49)50-24-12-18-42-16-8-10-22-48(42)50/h1-36H. The van der Waals surface area contributed by atoms with Crippen LogP contribution in [0.25, 0.3) is 43.8 Å². The number of fused-ring (bicyclic) bond motifs is 2. The summed E-state index contributed by atoms with van der Waals surface area (Å²) >= 11 is 0. The molecule has 0 fully saturated rings. The second-order valence-electron chi connectivity index (χ2n) is 13.0. The molecule has 0 aliphatic rings. The van der Waals surface area contributed by atoms with Crippen LogP contribution >= 0.6 is 0 Å². The third-order valence-electron chi connectivity index (χ3n) is 9.85. The molecule has 0 N–H and O–H groups in total. The van der Waals surface area contributed by atoms with Crippen molar-refractivity contribution in [1.29, 1.82) is 0 Å². The van der Waals surface area contributed by atoms with Gasteiger partial charge in [0.1, 0.15) is 0 Å². The molecule has 0 radical (unpaired) electrons. The van der Waals surface area contributed by atoms with Gasteiger partial charge in [0, 0.05) is 33.5 Å². The van der Waals surface area contributed by atoms with E-state index in [0.717, 1.165) is 34.1 Å². The fraction of sp³-hybridized carbons (Fsp3) is 0. The third-order valence-corrected chi connectivity index (χ3v) is 9.85. The van der Waals surface area contributed by atoms with Crippen LogP contribution in [0, 0.1) is 0 Å². The fourth-order valence-electron chi connectivity index (χ4n) is 7.28. The van der Waals surface area contributed by atoms with Crippen LogP contribution in [0.15, 0.2) is 218 Å². The highest BCUT2D eigenvalue weighted by Crippen LogP contribution is 2.43. The molecular formula is C50H36N2. The van der Waals surface area contributed by atoms with Gasteiger partial charge in [0.25, 0.3) is 0 Å². The first-order valence-electron chi connectivity index (χ1n) is 17.8. The summed E-state index contributed by atoms with van der Waals surface area (Å²) < 4.78 is 0. The number of para-hydroxylation sites is 1. The van der Waals surface area contributed by atoms with Crippen LogP contribution in [0.1, 0.15) is 0 Å². The summed E-state index contributed by atoms with van der Waals surface area (Å²) in [5.74, 6) is 0. The van der Waals surface area contributed by atoms with Crippen LogP contribution in [0.4, 0.5) is 34.1 Å². The Morgan fingerprint density at radius 3 is 1.00 bits per heavy atom. The zero-order chi connectivity index (χ0) is 34.7. The van der Waals surface area contributed by atoms with Crippen molar-refractivity contribution in [2.75, 3.05) is 9.80 Å². The maximum Gasteiger partial charge on any atom is 0.0540 e. The van der Waals surface area contributed by atoms with Crippen molar-refractivity contribution < 1.29 is 0 Å². The van der Waals surface area contributed by atoms with Gasteiger partial charge in [-0.05, 0) is 93.7 Å². The highest BCUT2D eigenvalue weighted by molar-refractivity contribution is 6.04. The summed E-state index contributed by atoms with van der Waals surface area (Å²) in [6.07, 6.45) is 0. The molecule has 2 nitrogen and oxygen atoms in total. The molecule has 0 aromatic heterocycles. The summed E-state index contributed by atoms with van der Waals surface area (Å²) in [6.45, 7) is 0. The summed E-state index contributed by atoms with van der Waals surface area (Å²) in [7, 11) is 0. The SMILES string of the molecule is c1ccc(-c2ccc(N(c3ccccc3)c3ccc(-c4ccc(N(c5cccc6ccccc56)c5cccc6ccccc56)cc4)cc3)cc2)cc1. The number of benzene rings is 9. The van der Waals surface area contributed by atoms with Gasteiger partial charge in [-0.1, -0.05) is 158 Å². The van der Waals surface area contributed by atoms with Gasteiger partial charge >= 0.3 is 0 Å². The molecule has 0 heterocycles. The van der Waals surface area contributed by atoms with Crippen molar-refractivity contribution in [2.24, 2.45) is 0 Å². The predicted octanol–water partition coefficient (Wildman–Crippen LogP) is 14.3. The summed E-state index contributed by atoms with van der Waals surface area (Å²) in [5, 5.41) is 4.88. The van der Waals surface area contributed by atoms with Gasteiger partial charge < -0.3 is 9.80 Å². The topological polar surface area (TPSA) is 6.48 Å². The monoisotopic (exact) mass is 664 g/mol. The smallest absolute Gasteiger partial charge is 0.0540 e. The largest absolute Gasteiger partial charge is 0.311 e. The molecule has 0 aliphatic heterocycles. The van der Waals surface area contributed by atoms with Crippen LogP contribution in [0.2, 0.25) is 0 Å². The van der Waals surface area contributed by atoms with E-state index in [1.807, 2.05) is 0 Å². The van der Waals surface area contributed by atoms with E-state index in [1.54, 1.807) is 0 Å². The van der Waals surface area contributed by atoms with Gasteiger partial charge in [-0.25, -0.2) is 0 Å². The number of rotatable bonds is 8. The zero-order valence-electron chi connectivity index (χ0n) is 28.7. The van der Waals surface area contributed by atoms with E-state index >= 15 is 0 Å². The van der Waals surface area contributed by atoms with E-state index in [1.165, 1.54) is 43.8 Å². The molecule has 0 atom stereocenters. The summed E-state index contributed by atoms with van der Waals surface area (Å²) in [6, 6.07) is 78.2. The first-order valence-corrected chi connectivity index (χ1v) is 17.8. The lowest BCUT2D eigenvalue weighted by molar-refractivity contribution is 1.28. The van der Waals surface area contributed by atoms with Crippen LogP contribution in [0.5, 0.6) is 0 Å². The van der Waals surface area contributed by atoms with Crippen molar-refractivity contribution in [1.82, 2.24) is 0 Å². The Hall–Kier alpha value is -6.90. The van der Waals surface area contributed by atoms with E-state index in [0.29, 0.717) is 0 Å². The summed E-state index contributed by atoms with van der Waals surface area (Å²) in [4.78, 5) is 4.71. The quantitative estimate of drug-likeness (QED) is 0.159. The molecule has 9 aromatic carbocycles. The maximum absolute atomic E-state index is 2.40. The van der Waals surface area contributed by atoms with Crippen molar-refractivity contribution in [3.63, 3.8) is 0 Å². The molecule has 246 valence electrons. The average molecular weight is 665 g/mol. The number of anilines is 6. The molecule has 2 heteroatoms. The lowest BCUT2D eigenvalue weighted by Crippen LogP contribution is -2.11. The van der Waals surface area contributed by atoms with Crippen molar-refractivity contribution in [2.45, 2.75) is 0 Å². The van der Waals surface area contributed by atoms with Crippen molar-refractivity contribution in [3.05, 3.63) is 218 Å². The Morgan fingerprint density at radius 1 is 0.212 bits per heavy atom. The van der Waals surface area contributed by atoms with Gasteiger partial charge in [-0.3, -0.25) is 0 Å². The van der Waals surface area contributed by atoms with Crippen LogP contribution in [-0.2, 0) is 0 Å². The van der Waals surface area contributed by atoms with E-state index in [2.05, 4.69) is 228 Å². The van der Waals surface area contributed by atoms with Crippen LogP contribution in [-0.4, -0.2) is 0 Å². The second kappa shape index (κ2) is 13.8. The lowest BCUT2D eigenvalue weighted by Gasteiger charge is -2.28. The van der Waals surface area contributed by atoms with Crippen LogP contribution < -0.4 is 9.80 Å². The predicted molar refractivity (Wildman–Crippen MR) is 222 cm³/mol. The van der Waals surface area contributed by atoms with E-state index in [-0.39, 0.29) is 0 Å². The molecule has 0 unspecified atom stereocenters. The highest BCUT2D eigenvalue weighted by atomic mass is 15.1. The van der Waals surface area contributed by atoms with Crippen molar-refractivity contribution in [3.8, 4) is 22.3 Å². The van der Waals surface area contributed by atoms with Gasteiger partial charge in [0.15, 0.2) is 0 Å². The van der Waals surface area contributed by atoms with Gasteiger partial charge in [-0.15, -0.1) is 0 Å².